The smallest absolute Gasteiger partial charge is 0.251 e. The average molecular weight is 439 g/mol. The summed E-state index contributed by atoms with van der Waals surface area (Å²) in [5, 5.41) is 6.12. The van der Waals surface area contributed by atoms with E-state index in [2.05, 4.69) is 26.6 Å². The lowest BCUT2D eigenvalue weighted by Gasteiger charge is -2.26. The fraction of sp³-hybridized carbons (Fsp3) is 0.263. The Morgan fingerprint density at radius 3 is 2.50 bits per heavy atom. The summed E-state index contributed by atoms with van der Waals surface area (Å²) < 4.78 is 0.808. The molecule has 1 atom stereocenters. The van der Waals surface area contributed by atoms with Crippen molar-refractivity contribution in [3.63, 3.8) is 0 Å². The third-order valence-corrected chi connectivity index (χ3v) is 4.71. The van der Waals surface area contributed by atoms with Crippen molar-refractivity contribution in [2.24, 2.45) is 0 Å². The van der Waals surface area contributed by atoms with Crippen LogP contribution in [0.3, 0.4) is 0 Å². The average Bonchev–Trinajstić information content (AvgIpc) is 2.61. The second-order valence-electron chi connectivity index (χ2n) is 6.00. The Kier molecular flexibility index (Phi) is 7.63. The van der Waals surface area contributed by atoms with E-state index in [1.165, 1.54) is 0 Å². The highest BCUT2D eigenvalue weighted by Gasteiger charge is 2.18. The molecule has 2 aromatic carbocycles. The summed E-state index contributed by atoms with van der Waals surface area (Å²) in [6.45, 7) is 0.302. The number of hydrogen-bond donors (Lipinski definition) is 2. The second-order valence-corrected chi connectivity index (χ2v) is 7.32. The Morgan fingerprint density at radius 2 is 1.85 bits per heavy atom. The summed E-state index contributed by atoms with van der Waals surface area (Å²) in [5.41, 5.74) is 1.44. The van der Waals surface area contributed by atoms with Gasteiger partial charge in [0, 0.05) is 21.6 Å². The first-order valence-electron chi connectivity index (χ1n) is 8.10. The molecule has 138 valence electrons. The molecule has 2 N–H and O–H groups in total. The molecular weight excluding hydrogens is 418 g/mol. The monoisotopic (exact) mass is 437 g/mol. The van der Waals surface area contributed by atoms with Gasteiger partial charge < -0.3 is 15.5 Å². The third-order valence-electron chi connectivity index (χ3n) is 3.88. The van der Waals surface area contributed by atoms with Gasteiger partial charge in [-0.15, -0.1) is 0 Å². The Bertz CT molecular complexity index is 783. The highest BCUT2D eigenvalue weighted by Crippen LogP contribution is 2.25. The van der Waals surface area contributed by atoms with Crippen LogP contribution in [0.4, 0.5) is 0 Å². The number of carbonyl (C=O) groups is 2. The predicted octanol–water partition coefficient (Wildman–Crippen LogP) is 3.25. The zero-order valence-corrected chi connectivity index (χ0v) is 17.0. The highest BCUT2D eigenvalue weighted by atomic mass is 79.9. The van der Waals surface area contributed by atoms with E-state index in [0.29, 0.717) is 17.1 Å². The van der Waals surface area contributed by atoms with Crippen LogP contribution in [-0.4, -0.2) is 43.9 Å². The lowest BCUT2D eigenvalue weighted by atomic mass is 10.1. The molecule has 5 nitrogen and oxygen atoms in total. The number of nitrogens with one attached hydrogen (secondary N) is 2. The summed E-state index contributed by atoms with van der Waals surface area (Å²) in [7, 11) is 3.85. The molecule has 0 saturated heterocycles. The maximum absolute atomic E-state index is 12.1. The molecule has 2 amide bonds. The molecule has 1 unspecified atom stereocenters. The fourth-order valence-electron chi connectivity index (χ4n) is 2.48. The second kappa shape index (κ2) is 9.71. The van der Waals surface area contributed by atoms with Gasteiger partial charge in [-0.3, -0.25) is 9.59 Å². The first-order chi connectivity index (χ1) is 12.4. The van der Waals surface area contributed by atoms with Gasteiger partial charge in [-0.2, -0.15) is 0 Å². The quantitative estimate of drug-likeness (QED) is 0.697. The summed E-state index contributed by atoms with van der Waals surface area (Å²) in [6.07, 6.45) is 0. The summed E-state index contributed by atoms with van der Waals surface area (Å²) >= 11 is 9.58. The first-order valence-corrected chi connectivity index (χ1v) is 9.27. The minimum Gasteiger partial charge on any atom is -0.353 e. The van der Waals surface area contributed by atoms with E-state index in [4.69, 9.17) is 11.6 Å². The van der Waals surface area contributed by atoms with Gasteiger partial charge in [0.15, 0.2) is 0 Å². The van der Waals surface area contributed by atoms with Crippen LogP contribution in [0.1, 0.15) is 22.0 Å². The molecule has 0 radical (unpaired) electrons. The van der Waals surface area contributed by atoms with Crippen LogP contribution in [-0.2, 0) is 4.79 Å². The number of amides is 2. The Hall–Kier alpha value is -1.89. The number of rotatable bonds is 7. The van der Waals surface area contributed by atoms with E-state index in [-0.39, 0.29) is 24.4 Å². The number of carbonyl (C=O) groups excluding carboxylic acids is 2. The molecule has 0 aliphatic carbocycles. The van der Waals surface area contributed by atoms with Crippen molar-refractivity contribution in [3.05, 3.63) is 69.2 Å². The van der Waals surface area contributed by atoms with Crippen molar-refractivity contribution in [1.29, 1.82) is 0 Å². The van der Waals surface area contributed by atoms with E-state index in [0.717, 1.165) is 10.0 Å². The van der Waals surface area contributed by atoms with Crippen molar-refractivity contribution in [2.75, 3.05) is 27.2 Å². The molecule has 0 aliphatic rings. The van der Waals surface area contributed by atoms with Crippen molar-refractivity contribution < 1.29 is 9.59 Å². The maximum atomic E-state index is 12.1. The predicted molar refractivity (Wildman–Crippen MR) is 107 cm³/mol. The standard InChI is InChI=1S/C19H21BrClN3O2/c1-24(2)17(15-8-3-4-9-16(15)21)11-22-18(25)12-23-19(26)13-6-5-7-14(20)10-13/h3-10,17H,11-12H2,1-2H3,(H,22,25)(H,23,26). The summed E-state index contributed by atoms with van der Waals surface area (Å²) in [5.74, 6) is -0.552. The summed E-state index contributed by atoms with van der Waals surface area (Å²) in [4.78, 5) is 26.2. The number of halogens is 2. The molecule has 0 saturated carbocycles. The van der Waals surface area contributed by atoms with E-state index >= 15 is 0 Å². The fourth-order valence-corrected chi connectivity index (χ4v) is 3.14. The molecule has 2 aromatic rings. The van der Waals surface area contributed by atoms with E-state index in [1.54, 1.807) is 18.2 Å². The molecule has 0 aromatic heterocycles. The molecule has 0 fully saturated rings. The zero-order chi connectivity index (χ0) is 19.1. The van der Waals surface area contributed by atoms with Crippen LogP contribution in [0, 0.1) is 0 Å². The summed E-state index contributed by atoms with van der Waals surface area (Å²) in [6, 6.07) is 14.5. The molecular formula is C19H21BrClN3O2. The van der Waals surface area contributed by atoms with Crippen molar-refractivity contribution in [1.82, 2.24) is 15.5 Å². The van der Waals surface area contributed by atoms with Gasteiger partial charge in [-0.05, 0) is 43.9 Å². The Labute approximate surface area is 166 Å². The normalized spacial score (nSPS) is 11.9. The van der Waals surface area contributed by atoms with Crippen LogP contribution < -0.4 is 10.6 Å². The number of benzene rings is 2. The molecule has 26 heavy (non-hydrogen) atoms. The van der Waals surface area contributed by atoms with Gasteiger partial charge in [0.05, 0.1) is 12.6 Å². The minimum atomic E-state index is -0.295. The lowest BCUT2D eigenvalue weighted by molar-refractivity contribution is -0.120. The number of likely N-dealkylation sites (N-methyl/N-ethyl adjacent to an activating group) is 1. The molecule has 0 heterocycles. The molecule has 0 aliphatic heterocycles. The molecule has 2 rings (SSSR count). The number of nitrogens with zero attached hydrogens (tertiary/aromatic N) is 1. The van der Waals surface area contributed by atoms with Gasteiger partial charge >= 0.3 is 0 Å². The first kappa shape index (κ1) is 20.4. The van der Waals surface area contributed by atoms with E-state index in [9.17, 15) is 9.59 Å². The Balaban J connectivity index is 1.89. The van der Waals surface area contributed by atoms with Gasteiger partial charge in [0.2, 0.25) is 5.91 Å². The van der Waals surface area contributed by atoms with Crippen molar-refractivity contribution in [3.8, 4) is 0 Å². The maximum Gasteiger partial charge on any atom is 0.251 e. The van der Waals surface area contributed by atoms with Crippen LogP contribution in [0.5, 0.6) is 0 Å². The van der Waals surface area contributed by atoms with Gasteiger partial charge in [0.1, 0.15) is 0 Å². The van der Waals surface area contributed by atoms with E-state index < -0.39 is 0 Å². The zero-order valence-electron chi connectivity index (χ0n) is 14.6. The van der Waals surface area contributed by atoms with Gasteiger partial charge in [0.25, 0.3) is 5.91 Å². The van der Waals surface area contributed by atoms with Gasteiger partial charge in [-0.25, -0.2) is 0 Å². The SMILES string of the molecule is CN(C)C(CNC(=O)CNC(=O)c1cccc(Br)c1)c1ccccc1Cl. The highest BCUT2D eigenvalue weighted by molar-refractivity contribution is 9.10. The van der Waals surface area contributed by atoms with Crippen molar-refractivity contribution >= 4 is 39.3 Å². The van der Waals surface area contributed by atoms with Crippen LogP contribution in [0.15, 0.2) is 53.0 Å². The van der Waals surface area contributed by atoms with Crippen molar-refractivity contribution in [2.45, 2.75) is 6.04 Å². The van der Waals surface area contributed by atoms with Crippen LogP contribution in [0.25, 0.3) is 0 Å². The van der Waals surface area contributed by atoms with Gasteiger partial charge in [-0.1, -0.05) is 51.8 Å². The number of hydrogen-bond acceptors (Lipinski definition) is 3. The van der Waals surface area contributed by atoms with Crippen LogP contribution >= 0.6 is 27.5 Å². The van der Waals surface area contributed by atoms with Crippen LogP contribution in [0.2, 0.25) is 5.02 Å². The molecule has 0 bridgehead atoms. The molecule has 7 heteroatoms. The minimum absolute atomic E-state index is 0.0616. The van der Waals surface area contributed by atoms with E-state index in [1.807, 2.05) is 49.3 Å². The molecule has 0 spiro atoms. The third kappa shape index (κ3) is 5.83. The Morgan fingerprint density at radius 1 is 1.12 bits per heavy atom. The largest absolute Gasteiger partial charge is 0.353 e. The topological polar surface area (TPSA) is 61.4 Å². The lowest BCUT2D eigenvalue weighted by Crippen LogP contribution is -2.40.